The van der Waals surface area contributed by atoms with Gasteiger partial charge in [0.05, 0.1) is 0 Å². The van der Waals surface area contributed by atoms with Crippen LogP contribution < -0.4 is 0 Å². The summed E-state index contributed by atoms with van der Waals surface area (Å²) in [6, 6.07) is 0. The first kappa shape index (κ1) is 15.8. The Morgan fingerprint density at radius 2 is 1.15 bits per heavy atom. The Hall–Kier alpha value is 0.310. The zero-order chi connectivity index (χ0) is 10.4. The third kappa shape index (κ3) is 18.9. The van der Waals surface area contributed by atoms with Gasteiger partial charge in [0.2, 0.25) is 0 Å². The van der Waals surface area contributed by atoms with E-state index in [2.05, 4.69) is 19.6 Å². The molecular weight excluding hydrogens is 180 g/mol. The minimum Gasteiger partial charge on any atom is -0.396 e. The van der Waals surface area contributed by atoms with Crippen molar-refractivity contribution in [2.75, 3.05) is 12.9 Å². The smallest absolute Gasteiger partial charge is 0.0431 e. The minimum atomic E-state index is 0.370. The van der Waals surface area contributed by atoms with Crippen LogP contribution >= 0.6 is 12.6 Å². The molecule has 0 aromatic heterocycles. The third-order valence-corrected chi connectivity index (χ3v) is 2.01. The molecule has 13 heavy (non-hydrogen) atoms. The van der Waals surface area contributed by atoms with Crippen molar-refractivity contribution in [3.05, 3.63) is 0 Å². The summed E-state index contributed by atoms with van der Waals surface area (Å²) in [6.07, 6.45) is 12.1. The molecule has 82 valence electrons. The Labute approximate surface area is 89.3 Å². The number of unbranched alkanes of at least 4 members (excludes halogenated alkanes) is 7. The fourth-order valence-corrected chi connectivity index (χ4v) is 1.25. The standard InChI is InChI=1S/C10H22O.CH4S/c1-2-3-4-5-6-7-8-9-10-11;1-2/h11H,2-10H2,1H3;2H,1H3. The molecule has 1 nitrogen and oxygen atoms in total. The normalized spacial score (nSPS) is 9.23. The van der Waals surface area contributed by atoms with Crippen LogP contribution in [0.15, 0.2) is 0 Å². The van der Waals surface area contributed by atoms with Gasteiger partial charge in [-0.2, -0.15) is 12.6 Å². The SMILES string of the molecule is CCCCCCCCCCO.CS. The number of rotatable bonds is 8. The van der Waals surface area contributed by atoms with Gasteiger partial charge in [0.25, 0.3) is 0 Å². The van der Waals surface area contributed by atoms with Gasteiger partial charge in [-0.05, 0) is 12.7 Å². The number of thiol groups is 1. The molecule has 0 spiro atoms. The molecule has 0 aliphatic heterocycles. The van der Waals surface area contributed by atoms with Crippen LogP contribution in [0.4, 0.5) is 0 Å². The maximum absolute atomic E-state index is 8.51. The van der Waals surface area contributed by atoms with Crippen molar-refractivity contribution in [2.24, 2.45) is 0 Å². The van der Waals surface area contributed by atoms with E-state index in [0.717, 1.165) is 6.42 Å². The molecule has 2 heteroatoms. The highest BCUT2D eigenvalue weighted by Crippen LogP contribution is 2.07. The zero-order valence-corrected chi connectivity index (χ0v) is 10.2. The average Bonchev–Trinajstić information content (AvgIpc) is 2.20. The monoisotopic (exact) mass is 206 g/mol. The molecule has 0 aliphatic carbocycles. The van der Waals surface area contributed by atoms with E-state index in [4.69, 9.17) is 5.11 Å². The molecule has 0 aromatic rings. The third-order valence-electron chi connectivity index (χ3n) is 2.01. The van der Waals surface area contributed by atoms with Crippen LogP contribution in [0.5, 0.6) is 0 Å². The molecule has 0 saturated carbocycles. The Morgan fingerprint density at radius 3 is 1.54 bits per heavy atom. The lowest BCUT2D eigenvalue weighted by Crippen LogP contribution is -1.83. The number of hydrogen-bond acceptors (Lipinski definition) is 2. The van der Waals surface area contributed by atoms with E-state index in [1.54, 1.807) is 6.26 Å². The second-order valence-corrected chi connectivity index (χ2v) is 3.20. The Bertz CT molecular complexity index is 59.1. The van der Waals surface area contributed by atoms with E-state index in [1.165, 1.54) is 44.9 Å². The molecule has 0 fully saturated rings. The molecule has 0 aliphatic rings. The summed E-state index contributed by atoms with van der Waals surface area (Å²) in [7, 11) is 0. The molecule has 0 bridgehead atoms. The van der Waals surface area contributed by atoms with Crippen molar-refractivity contribution < 1.29 is 5.11 Å². The first-order valence-corrected chi connectivity index (χ1v) is 6.36. The number of aliphatic hydroxyl groups is 1. The first-order chi connectivity index (χ1) is 6.41. The lowest BCUT2D eigenvalue weighted by molar-refractivity contribution is 0.282. The Kier molecular flexibility index (Phi) is 22.0. The second-order valence-electron chi connectivity index (χ2n) is 3.20. The largest absolute Gasteiger partial charge is 0.396 e. The van der Waals surface area contributed by atoms with Crippen molar-refractivity contribution in [3.63, 3.8) is 0 Å². The molecule has 1 N–H and O–H groups in total. The molecule has 0 unspecified atom stereocenters. The molecule has 0 aromatic carbocycles. The molecule has 0 rings (SSSR count). The van der Waals surface area contributed by atoms with E-state index in [0.29, 0.717) is 6.61 Å². The van der Waals surface area contributed by atoms with Crippen molar-refractivity contribution >= 4 is 12.6 Å². The summed E-state index contributed by atoms with van der Waals surface area (Å²) in [6.45, 7) is 2.61. The van der Waals surface area contributed by atoms with Gasteiger partial charge >= 0.3 is 0 Å². The summed E-state index contributed by atoms with van der Waals surface area (Å²) in [5, 5.41) is 8.51. The van der Waals surface area contributed by atoms with Crippen LogP contribution in [0.1, 0.15) is 58.3 Å². The molecular formula is C11H26OS. The number of aliphatic hydroxyl groups excluding tert-OH is 1. The zero-order valence-electron chi connectivity index (χ0n) is 9.26. The Balaban J connectivity index is 0. The second kappa shape index (κ2) is 18.2. The van der Waals surface area contributed by atoms with Crippen molar-refractivity contribution in [3.8, 4) is 0 Å². The summed E-state index contributed by atoms with van der Waals surface area (Å²) in [5.74, 6) is 0. The highest BCUT2D eigenvalue weighted by molar-refractivity contribution is 7.79. The Morgan fingerprint density at radius 1 is 0.769 bits per heavy atom. The number of hydrogen-bond donors (Lipinski definition) is 2. The molecule has 0 saturated heterocycles. The van der Waals surface area contributed by atoms with Gasteiger partial charge in [-0.3, -0.25) is 0 Å². The highest BCUT2D eigenvalue weighted by atomic mass is 32.1. The van der Waals surface area contributed by atoms with Gasteiger partial charge in [0.1, 0.15) is 0 Å². The summed E-state index contributed by atoms with van der Waals surface area (Å²) in [5.41, 5.74) is 0. The average molecular weight is 206 g/mol. The topological polar surface area (TPSA) is 20.2 Å². The van der Waals surface area contributed by atoms with Crippen molar-refractivity contribution in [2.45, 2.75) is 58.3 Å². The van der Waals surface area contributed by atoms with E-state index >= 15 is 0 Å². The van der Waals surface area contributed by atoms with Crippen LogP contribution in [0.25, 0.3) is 0 Å². The highest BCUT2D eigenvalue weighted by Gasteiger charge is 1.89. The van der Waals surface area contributed by atoms with Gasteiger partial charge < -0.3 is 5.11 Å². The van der Waals surface area contributed by atoms with Gasteiger partial charge in [0, 0.05) is 6.61 Å². The lowest BCUT2D eigenvalue weighted by Gasteiger charge is -1.98. The quantitative estimate of drug-likeness (QED) is 0.459. The van der Waals surface area contributed by atoms with Gasteiger partial charge in [-0.25, -0.2) is 0 Å². The fraction of sp³-hybridized carbons (Fsp3) is 1.00. The van der Waals surface area contributed by atoms with E-state index in [9.17, 15) is 0 Å². The predicted octanol–water partition coefficient (Wildman–Crippen LogP) is 3.67. The predicted molar refractivity (Wildman–Crippen MR) is 64.6 cm³/mol. The summed E-state index contributed by atoms with van der Waals surface area (Å²) < 4.78 is 0. The summed E-state index contributed by atoms with van der Waals surface area (Å²) >= 11 is 3.53. The molecule has 0 amide bonds. The van der Waals surface area contributed by atoms with Crippen LogP contribution in [0.3, 0.4) is 0 Å². The van der Waals surface area contributed by atoms with Gasteiger partial charge in [-0.1, -0.05) is 51.9 Å². The molecule has 0 atom stereocenters. The molecule has 0 radical (unpaired) electrons. The lowest BCUT2D eigenvalue weighted by atomic mass is 10.1. The van der Waals surface area contributed by atoms with Crippen molar-refractivity contribution in [1.29, 1.82) is 0 Å². The van der Waals surface area contributed by atoms with Crippen LogP contribution in [0, 0.1) is 0 Å². The van der Waals surface area contributed by atoms with E-state index in [1.807, 2.05) is 0 Å². The fourth-order valence-electron chi connectivity index (χ4n) is 1.25. The maximum Gasteiger partial charge on any atom is 0.0431 e. The first-order valence-electron chi connectivity index (χ1n) is 5.47. The van der Waals surface area contributed by atoms with E-state index in [-0.39, 0.29) is 0 Å². The molecule has 0 heterocycles. The summed E-state index contributed by atoms with van der Waals surface area (Å²) in [4.78, 5) is 0. The van der Waals surface area contributed by atoms with Crippen LogP contribution in [-0.2, 0) is 0 Å². The maximum atomic E-state index is 8.51. The van der Waals surface area contributed by atoms with Gasteiger partial charge in [-0.15, -0.1) is 0 Å². The van der Waals surface area contributed by atoms with Gasteiger partial charge in [0.15, 0.2) is 0 Å². The van der Waals surface area contributed by atoms with E-state index < -0.39 is 0 Å². The van der Waals surface area contributed by atoms with Crippen molar-refractivity contribution in [1.82, 2.24) is 0 Å². The minimum absolute atomic E-state index is 0.370. The van der Waals surface area contributed by atoms with Crippen LogP contribution in [-0.4, -0.2) is 18.0 Å². The van der Waals surface area contributed by atoms with Crippen LogP contribution in [0.2, 0.25) is 0 Å².